The number of morpholine rings is 1. The Labute approximate surface area is 266 Å². The van der Waals surface area contributed by atoms with Crippen LogP contribution in [0.1, 0.15) is 18.1 Å². The molecule has 0 unspecified atom stereocenters. The van der Waals surface area contributed by atoms with E-state index in [4.69, 9.17) is 14.2 Å². The maximum absolute atomic E-state index is 13.6. The third-order valence-electron chi connectivity index (χ3n) is 6.67. The van der Waals surface area contributed by atoms with Gasteiger partial charge in [0, 0.05) is 28.7 Å². The lowest BCUT2D eigenvalue weighted by atomic mass is 10.1. The van der Waals surface area contributed by atoms with Gasteiger partial charge in [0.1, 0.15) is 0 Å². The number of nitrogens with zero attached hydrogens (tertiary/aromatic N) is 4. The predicted molar refractivity (Wildman–Crippen MR) is 165 cm³/mol. The molecule has 1 aliphatic rings. The number of ether oxygens (including phenoxy) is 3. The third kappa shape index (κ3) is 6.81. The molecule has 1 fully saturated rings. The molecule has 230 valence electrons. The number of benzene rings is 3. The SMILES string of the molecule is CCOc1cc(C=Nn2c(-c3cccc(C(F)(F)F)c3)nc3ccccc3c2=O)c(Br)c(Br)c1OCC(=O)N1CCOCC1. The van der Waals surface area contributed by atoms with Crippen molar-refractivity contribution in [3.63, 3.8) is 0 Å². The van der Waals surface area contributed by atoms with Crippen molar-refractivity contribution in [2.24, 2.45) is 5.10 Å². The highest BCUT2D eigenvalue weighted by Gasteiger charge is 2.31. The summed E-state index contributed by atoms with van der Waals surface area (Å²) in [5.74, 6) is 0.320. The fourth-order valence-corrected chi connectivity index (χ4v) is 5.44. The van der Waals surface area contributed by atoms with E-state index in [9.17, 15) is 22.8 Å². The highest BCUT2D eigenvalue weighted by molar-refractivity contribution is 9.13. The van der Waals surface area contributed by atoms with Crippen LogP contribution in [0.25, 0.3) is 22.3 Å². The van der Waals surface area contributed by atoms with Gasteiger partial charge in [0.2, 0.25) is 0 Å². The predicted octanol–water partition coefficient (Wildman–Crippen LogP) is 6.13. The molecule has 1 saturated heterocycles. The highest BCUT2D eigenvalue weighted by atomic mass is 79.9. The molecule has 0 spiro atoms. The molecule has 3 aromatic carbocycles. The maximum Gasteiger partial charge on any atom is 0.416 e. The number of aromatic nitrogens is 2. The fourth-order valence-electron chi connectivity index (χ4n) is 4.51. The Bertz CT molecular complexity index is 1790. The molecule has 0 radical (unpaired) electrons. The fraction of sp³-hybridized carbons (Fsp3) is 0.267. The van der Waals surface area contributed by atoms with Gasteiger partial charge in [-0.3, -0.25) is 9.59 Å². The number of carbonyl (C=O) groups is 1. The van der Waals surface area contributed by atoms with Gasteiger partial charge in [-0.1, -0.05) is 24.3 Å². The monoisotopic (exact) mass is 736 g/mol. The quantitative estimate of drug-likeness (QED) is 0.202. The Morgan fingerprint density at radius 3 is 2.55 bits per heavy atom. The van der Waals surface area contributed by atoms with Crippen LogP contribution in [0.5, 0.6) is 11.5 Å². The van der Waals surface area contributed by atoms with E-state index in [1.807, 2.05) is 0 Å². The zero-order valence-corrected chi connectivity index (χ0v) is 26.4. The van der Waals surface area contributed by atoms with Crippen LogP contribution in [-0.2, 0) is 15.7 Å². The van der Waals surface area contributed by atoms with Crippen LogP contribution in [0.3, 0.4) is 0 Å². The van der Waals surface area contributed by atoms with Crippen molar-refractivity contribution in [2.45, 2.75) is 13.1 Å². The van der Waals surface area contributed by atoms with E-state index in [2.05, 4.69) is 41.9 Å². The van der Waals surface area contributed by atoms with Crippen LogP contribution in [-0.4, -0.2) is 66.2 Å². The zero-order chi connectivity index (χ0) is 31.4. The summed E-state index contributed by atoms with van der Waals surface area (Å²) in [4.78, 5) is 32.4. The molecule has 14 heteroatoms. The Balaban J connectivity index is 1.55. The lowest BCUT2D eigenvalue weighted by Crippen LogP contribution is -2.43. The molecule has 0 atom stereocenters. The third-order valence-corrected chi connectivity index (χ3v) is 8.82. The van der Waals surface area contributed by atoms with E-state index < -0.39 is 17.3 Å². The summed E-state index contributed by atoms with van der Waals surface area (Å²) in [7, 11) is 0. The van der Waals surface area contributed by atoms with Crippen LogP contribution in [0.4, 0.5) is 13.2 Å². The second-order valence-electron chi connectivity index (χ2n) is 9.53. The van der Waals surface area contributed by atoms with Crippen LogP contribution < -0.4 is 15.0 Å². The summed E-state index contributed by atoms with van der Waals surface area (Å²) in [5, 5.41) is 4.62. The van der Waals surface area contributed by atoms with Crippen LogP contribution in [0.2, 0.25) is 0 Å². The van der Waals surface area contributed by atoms with Gasteiger partial charge in [0.15, 0.2) is 23.9 Å². The molecule has 5 rings (SSSR count). The van der Waals surface area contributed by atoms with Crippen molar-refractivity contribution in [2.75, 3.05) is 39.5 Å². The van der Waals surface area contributed by atoms with Crippen molar-refractivity contribution in [1.29, 1.82) is 0 Å². The van der Waals surface area contributed by atoms with E-state index in [0.717, 1.165) is 16.8 Å². The van der Waals surface area contributed by atoms with E-state index in [1.54, 1.807) is 42.2 Å². The first-order valence-electron chi connectivity index (χ1n) is 13.5. The summed E-state index contributed by atoms with van der Waals surface area (Å²) in [6.45, 7) is 3.73. The number of rotatable bonds is 8. The molecule has 0 bridgehead atoms. The number of hydrogen-bond acceptors (Lipinski definition) is 7. The smallest absolute Gasteiger partial charge is 0.416 e. The number of hydrogen-bond donors (Lipinski definition) is 0. The number of halogens is 5. The molecule has 1 aromatic heterocycles. The Morgan fingerprint density at radius 2 is 1.82 bits per heavy atom. The lowest BCUT2D eigenvalue weighted by molar-refractivity contribution is -0.138. The molecule has 1 aliphatic heterocycles. The first kappa shape index (κ1) is 31.7. The van der Waals surface area contributed by atoms with Crippen LogP contribution in [0.15, 0.2) is 73.4 Å². The summed E-state index contributed by atoms with van der Waals surface area (Å²) < 4.78 is 59.4. The minimum Gasteiger partial charge on any atom is -0.490 e. The number of para-hydroxylation sites is 1. The molecule has 4 aromatic rings. The van der Waals surface area contributed by atoms with Crippen molar-refractivity contribution in [3.8, 4) is 22.9 Å². The molecule has 44 heavy (non-hydrogen) atoms. The summed E-state index contributed by atoms with van der Waals surface area (Å²) in [5.41, 5.74) is -0.636. The van der Waals surface area contributed by atoms with Crippen molar-refractivity contribution in [1.82, 2.24) is 14.6 Å². The van der Waals surface area contributed by atoms with Crippen LogP contribution in [0, 0.1) is 0 Å². The minimum absolute atomic E-state index is 0.0590. The van der Waals surface area contributed by atoms with Gasteiger partial charge in [0.25, 0.3) is 11.5 Å². The van der Waals surface area contributed by atoms with E-state index in [1.165, 1.54) is 18.3 Å². The molecular weight excluding hydrogens is 713 g/mol. The van der Waals surface area contributed by atoms with Gasteiger partial charge < -0.3 is 19.1 Å². The summed E-state index contributed by atoms with van der Waals surface area (Å²) >= 11 is 7.02. The molecule has 2 heterocycles. The number of alkyl halides is 3. The van der Waals surface area contributed by atoms with Gasteiger partial charge in [-0.15, -0.1) is 0 Å². The topological polar surface area (TPSA) is 95.2 Å². The Kier molecular flexibility index (Phi) is 9.71. The largest absolute Gasteiger partial charge is 0.490 e. The molecular formula is C30H25Br2F3N4O5. The van der Waals surface area contributed by atoms with Crippen molar-refractivity contribution >= 4 is 54.9 Å². The van der Waals surface area contributed by atoms with E-state index in [0.29, 0.717) is 52.1 Å². The lowest BCUT2D eigenvalue weighted by Gasteiger charge is -2.27. The molecule has 0 saturated carbocycles. The normalized spacial score (nSPS) is 13.9. The average Bonchev–Trinajstić information content (AvgIpc) is 3.02. The van der Waals surface area contributed by atoms with Gasteiger partial charge in [0.05, 0.1) is 47.0 Å². The first-order valence-corrected chi connectivity index (χ1v) is 15.0. The Hall–Kier alpha value is -3.75. The van der Waals surface area contributed by atoms with Gasteiger partial charge in [-0.25, -0.2) is 4.98 Å². The molecule has 1 amide bonds. The van der Waals surface area contributed by atoms with Crippen LogP contribution >= 0.6 is 31.9 Å². The second-order valence-corrected chi connectivity index (χ2v) is 11.1. The highest BCUT2D eigenvalue weighted by Crippen LogP contribution is 2.42. The zero-order valence-electron chi connectivity index (χ0n) is 23.2. The maximum atomic E-state index is 13.6. The van der Waals surface area contributed by atoms with Crippen molar-refractivity contribution < 1.29 is 32.2 Å². The molecule has 9 nitrogen and oxygen atoms in total. The van der Waals surface area contributed by atoms with E-state index in [-0.39, 0.29) is 41.6 Å². The average molecular weight is 738 g/mol. The van der Waals surface area contributed by atoms with Gasteiger partial charge in [-0.2, -0.15) is 22.9 Å². The van der Waals surface area contributed by atoms with Crippen molar-refractivity contribution in [3.05, 3.63) is 85.0 Å². The number of carbonyl (C=O) groups excluding carboxylic acids is 1. The molecule has 0 N–H and O–H groups in total. The van der Waals surface area contributed by atoms with E-state index >= 15 is 0 Å². The van der Waals surface area contributed by atoms with Gasteiger partial charge >= 0.3 is 6.18 Å². The Morgan fingerprint density at radius 1 is 1.07 bits per heavy atom. The summed E-state index contributed by atoms with van der Waals surface area (Å²) in [6.07, 6.45) is -3.24. The summed E-state index contributed by atoms with van der Waals surface area (Å²) in [6, 6.07) is 12.7. The second kappa shape index (κ2) is 13.5. The van der Waals surface area contributed by atoms with Gasteiger partial charge in [-0.05, 0) is 69.1 Å². The molecule has 0 aliphatic carbocycles. The number of fused-ring (bicyclic) bond motifs is 1. The number of amides is 1. The first-order chi connectivity index (χ1) is 21.1. The minimum atomic E-state index is -4.59. The standard InChI is InChI=1S/C30H25Br2F3N4O5/c1-2-43-23-15-19(25(31)26(32)27(23)44-17-24(40)38-10-12-42-13-11-38)16-36-39-28(18-6-5-7-20(14-18)30(33,34)35)37-22-9-4-3-8-21(22)29(39)41/h3-9,14-16H,2,10-13,17H2,1H3.